The number of halogens is 2. The van der Waals surface area contributed by atoms with Gasteiger partial charge in [0.25, 0.3) is 0 Å². The van der Waals surface area contributed by atoms with Gasteiger partial charge in [-0.3, -0.25) is 0 Å². The summed E-state index contributed by atoms with van der Waals surface area (Å²) < 4.78 is 13.4. The van der Waals surface area contributed by atoms with Crippen LogP contribution in [0.1, 0.15) is 29.7 Å². The Balaban J connectivity index is 2.48. The van der Waals surface area contributed by atoms with E-state index in [4.69, 9.17) is 11.6 Å². The first-order valence-electron chi connectivity index (χ1n) is 6.36. The lowest BCUT2D eigenvalue weighted by Crippen LogP contribution is -2.22. The second-order valence-electron chi connectivity index (χ2n) is 4.55. The predicted octanol–water partition coefficient (Wildman–Crippen LogP) is 4.49. The molecular weight excluding hydrogens is 261 g/mol. The van der Waals surface area contributed by atoms with Crippen LogP contribution in [0.4, 0.5) is 4.39 Å². The summed E-state index contributed by atoms with van der Waals surface area (Å²) in [5, 5.41) is 4.08. The molecule has 0 fully saturated rings. The highest BCUT2D eigenvalue weighted by Crippen LogP contribution is 2.27. The highest BCUT2D eigenvalue weighted by molar-refractivity contribution is 6.30. The molecule has 2 rings (SSSR count). The third-order valence-electron chi connectivity index (χ3n) is 3.14. The lowest BCUT2D eigenvalue weighted by atomic mass is 9.95. The van der Waals surface area contributed by atoms with E-state index in [2.05, 4.69) is 5.32 Å². The first-order chi connectivity index (χ1) is 9.11. The zero-order valence-electron chi connectivity index (χ0n) is 11.1. The lowest BCUT2D eigenvalue weighted by molar-refractivity contribution is 0.602. The molecule has 2 aromatic rings. The van der Waals surface area contributed by atoms with Crippen LogP contribution in [0.3, 0.4) is 0 Å². The molecule has 3 heteroatoms. The molecule has 2 aromatic carbocycles. The lowest BCUT2D eigenvalue weighted by Gasteiger charge is -2.21. The van der Waals surface area contributed by atoms with E-state index >= 15 is 0 Å². The second kappa shape index (κ2) is 6.18. The van der Waals surface area contributed by atoms with Crippen LogP contribution in [0, 0.1) is 12.7 Å². The Hall–Kier alpha value is -1.38. The van der Waals surface area contributed by atoms with Crippen LogP contribution in [0.2, 0.25) is 5.02 Å². The van der Waals surface area contributed by atoms with Crippen molar-refractivity contribution in [1.29, 1.82) is 0 Å². The summed E-state index contributed by atoms with van der Waals surface area (Å²) in [5.41, 5.74) is 3.13. The normalized spacial score (nSPS) is 12.4. The van der Waals surface area contributed by atoms with Crippen molar-refractivity contribution in [2.24, 2.45) is 0 Å². The molecule has 1 nitrogen and oxygen atoms in total. The molecular formula is C16H17ClFN. The minimum atomic E-state index is -0.222. The van der Waals surface area contributed by atoms with Gasteiger partial charge in [0.1, 0.15) is 5.82 Å². The summed E-state index contributed by atoms with van der Waals surface area (Å²) in [5.74, 6) is -0.222. The topological polar surface area (TPSA) is 12.0 Å². The van der Waals surface area contributed by atoms with Crippen molar-refractivity contribution in [2.75, 3.05) is 6.54 Å². The SMILES string of the molecule is CCNC(c1cccc(F)c1)c1cc(Cl)ccc1C. The molecule has 0 aromatic heterocycles. The van der Waals surface area contributed by atoms with Gasteiger partial charge in [-0.25, -0.2) is 4.39 Å². The monoisotopic (exact) mass is 277 g/mol. The van der Waals surface area contributed by atoms with E-state index in [1.807, 2.05) is 38.1 Å². The summed E-state index contributed by atoms with van der Waals surface area (Å²) in [6, 6.07) is 12.4. The van der Waals surface area contributed by atoms with Gasteiger partial charge in [0.15, 0.2) is 0 Å². The molecule has 100 valence electrons. The van der Waals surface area contributed by atoms with E-state index in [0.717, 1.165) is 23.2 Å². The van der Waals surface area contributed by atoms with Gasteiger partial charge in [-0.05, 0) is 54.4 Å². The van der Waals surface area contributed by atoms with Gasteiger partial charge in [0.2, 0.25) is 0 Å². The van der Waals surface area contributed by atoms with Crippen molar-refractivity contribution < 1.29 is 4.39 Å². The Bertz CT molecular complexity index is 568. The van der Waals surface area contributed by atoms with E-state index < -0.39 is 0 Å². The van der Waals surface area contributed by atoms with E-state index in [1.54, 1.807) is 12.1 Å². The number of benzene rings is 2. The van der Waals surface area contributed by atoms with Crippen LogP contribution in [0.5, 0.6) is 0 Å². The van der Waals surface area contributed by atoms with E-state index in [1.165, 1.54) is 6.07 Å². The predicted molar refractivity (Wildman–Crippen MR) is 78.1 cm³/mol. The first kappa shape index (κ1) is 14.0. The number of hydrogen-bond acceptors (Lipinski definition) is 1. The van der Waals surface area contributed by atoms with Crippen LogP contribution in [0.15, 0.2) is 42.5 Å². The third-order valence-corrected chi connectivity index (χ3v) is 3.38. The van der Waals surface area contributed by atoms with Gasteiger partial charge in [-0.1, -0.05) is 36.7 Å². The molecule has 0 radical (unpaired) electrons. The van der Waals surface area contributed by atoms with E-state index in [9.17, 15) is 4.39 Å². The van der Waals surface area contributed by atoms with Crippen molar-refractivity contribution in [3.8, 4) is 0 Å². The second-order valence-corrected chi connectivity index (χ2v) is 4.98. The fourth-order valence-electron chi connectivity index (χ4n) is 2.22. The van der Waals surface area contributed by atoms with E-state index in [-0.39, 0.29) is 11.9 Å². The van der Waals surface area contributed by atoms with Crippen LogP contribution in [0.25, 0.3) is 0 Å². The highest BCUT2D eigenvalue weighted by atomic mass is 35.5. The quantitative estimate of drug-likeness (QED) is 0.868. The van der Waals surface area contributed by atoms with Gasteiger partial charge in [0.05, 0.1) is 6.04 Å². The molecule has 0 spiro atoms. The van der Waals surface area contributed by atoms with Gasteiger partial charge in [-0.2, -0.15) is 0 Å². The van der Waals surface area contributed by atoms with Gasteiger partial charge >= 0.3 is 0 Å². The van der Waals surface area contributed by atoms with Crippen LogP contribution in [-0.4, -0.2) is 6.54 Å². The Kier molecular flexibility index (Phi) is 4.56. The Labute approximate surface area is 118 Å². The molecule has 1 N–H and O–H groups in total. The van der Waals surface area contributed by atoms with Gasteiger partial charge in [-0.15, -0.1) is 0 Å². The van der Waals surface area contributed by atoms with Crippen molar-refractivity contribution >= 4 is 11.6 Å². The first-order valence-corrected chi connectivity index (χ1v) is 6.74. The smallest absolute Gasteiger partial charge is 0.123 e. The zero-order chi connectivity index (χ0) is 13.8. The summed E-state index contributed by atoms with van der Waals surface area (Å²) in [6.45, 7) is 4.87. The molecule has 0 amide bonds. The van der Waals surface area contributed by atoms with Crippen molar-refractivity contribution in [2.45, 2.75) is 19.9 Å². The maximum atomic E-state index is 13.4. The standard InChI is InChI=1S/C16H17ClFN/c1-3-19-16(12-5-4-6-14(18)9-12)15-10-13(17)8-7-11(15)2/h4-10,16,19H,3H2,1-2H3. The summed E-state index contributed by atoms with van der Waals surface area (Å²) in [4.78, 5) is 0. The third kappa shape index (κ3) is 3.34. The molecule has 1 atom stereocenters. The molecule has 0 heterocycles. The molecule has 19 heavy (non-hydrogen) atoms. The summed E-state index contributed by atoms with van der Waals surface area (Å²) in [6.07, 6.45) is 0. The zero-order valence-corrected chi connectivity index (χ0v) is 11.8. The number of hydrogen-bond donors (Lipinski definition) is 1. The van der Waals surface area contributed by atoms with Crippen LogP contribution >= 0.6 is 11.6 Å². The maximum absolute atomic E-state index is 13.4. The molecule has 0 aliphatic rings. The fourth-order valence-corrected chi connectivity index (χ4v) is 2.40. The summed E-state index contributed by atoms with van der Waals surface area (Å²) >= 11 is 6.08. The van der Waals surface area contributed by atoms with Gasteiger partial charge < -0.3 is 5.32 Å². The van der Waals surface area contributed by atoms with E-state index in [0.29, 0.717) is 5.02 Å². The Morgan fingerprint density at radius 2 is 2.00 bits per heavy atom. The van der Waals surface area contributed by atoms with Crippen molar-refractivity contribution in [3.05, 3.63) is 70.0 Å². The molecule has 0 saturated heterocycles. The highest BCUT2D eigenvalue weighted by Gasteiger charge is 2.16. The molecule has 0 bridgehead atoms. The number of aryl methyl sites for hydroxylation is 1. The van der Waals surface area contributed by atoms with Gasteiger partial charge in [0, 0.05) is 5.02 Å². The van der Waals surface area contributed by atoms with Crippen molar-refractivity contribution in [3.63, 3.8) is 0 Å². The largest absolute Gasteiger partial charge is 0.307 e. The molecule has 0 saturated carbocycles. The minimum Gasteiger partial charge on any atom is -0.307 e. The average Bonchev–Trinajstić information content (AvgIpc) is 2.39. The summed E-state index contributed by atoms with van der Waals surface area (Å²) in [7, 11) is 0. The molecule has 0 aliphatic carbocycles. The van der Waals surface area contributed by atoms with Crippen molar-refractivity contribution in [1.82, 2.24) is 5.32 Å². The molecule has 0 aliphatic heterocycles. The molecule has 1 unspecified atom stereocenters. The van der Waals surface area contributed by atoms with Crippen LogP contribution < -0.4 is 5.32 Å². The average molecular weight is 278 g/mol. The van der Waals surface area contributed by atoms with Crippen LogP contribution in [-0.2, 0) is 0 Å². The number of rotatable bonds is 4. The number of nitrogens with one attached hydrogen (secondary N) is 1. The minimum absolute atomic E-state index is 0.0422. The fraction of sp³-hybridized carbons (Fsp3) is 0.250. The Morgan fingerprint density at radius 1 is 1.21 bits per heavy atom. The maximum Gasteiger partial charge on any atom is 0.123 e. The Morgan fingerprint density at radius 3 is 2.68 bits per heavy atom.